The van der Waals surface area contributed by atoms with E-state index in [0.29, 0.717) is 0 Å². The van der Waals surface area contributed by atoms with Gasteiger partial charge in [-0.2, -0.15) is 0 Å². The minimum absolute atomic E-state index is 0.997. The Kier molecular flexibility index (Phi) is 18.6. The van der Waals surface area contributed by atoms with Gasteiger partial charge in [-0.3, -0.25) is 0 Å². The standard InChI is InChI=1S/C19H14.C15H16.C12H23N.2C2H6/c1-13-10-11-18-16-8-3-2-6-14(16)15-7-4-5-9-17(15)19(18)12-13;1-11-8-6-10-15(13(11)3)14-9-5-4-7-12(14)2;1-6-8-10(3)12(5)11(4)9-13-7-2;2*1-2/h2-12H,1H3;4-10H,1-3H3;9,13H,6-8H2,1-5H3;2*1-2H3/b;;11-9+,12-10+;;. The maximum Gasteiger partial charge on any atom is 0.0113 e. The van der Waals surface area contributed by atoms with Crippen LogP contribution in [-0.2, 0) is 0 Å². The minimum Gasteiger partial charge on any atom is -0.391 e. The summed E-state index contributed by atoms with van der Waals surface area (Å²) in [6, 6.07) is 39.2. The molecule has 0 spiro atoms. The van der Waals surface area contributed by atoms with Crippen LogP contribution in [0.25, 0.3) is 43.4 Å². The van der Waals surface area contributed by atoms with Gasteiger partial charge >= 0.3 is 0 Å². The average Bonchev–Trinajstić information content (AvgIpc) is 3.17. The molecular weight excluding hydrogens is 615 g/mol. The van der Waals surface area contributed by atoms with Crippen LogP contribution in [0.5, 0.6) is 0 Å². The van der Waals surface area contributed by atoms with Gasteiger partial charge in [0.25, 0.3) is 0 Å². The van der Waals surface area contributed by atoms with Gasteiger partial charge in [-0.25, -0.2) is 0 Å². The predicted octanol–water partition coefficient (Wildman–Crippen LogP) is 15.4. The van der Waals surface area contributed by atoms with Gasteiger partial charge < -0.3 is 5.32 Å². The van der Waals surface area contributed by atoms with Crippen LogP contribution in [0.4, 0.5) is 0 Å². The second-order valence-corrected chi connectivity index (χ2v) is 12.7. The van der Waals surface area contributed by atoms with Crippen molar-refractivity contribution in [3.05, 3.63) is 154 Å². The molecule has 0 aliphatic carbocycles. The number of hydrogen-bond donors (Lipinski definition) is 1. The molecule has 0 heterocycles. The van der Waals surface area contributed by atoms with Crippen LogP contribution in [0.2, 0.25) is 0 Å². The van der Waals surface area contributed by atoms with Crippen LogP contribution in [0.3, 0.4) is 0 Å². The Morgan fingerprint density at radius 1 is 0.529 bits per heavy atom. The van der Waals surface area contributed by atoms with Crippen LogP contribution in [-0.4, -0.2) is 6.54 Å². The van der Waals surface area contributed by atoms with Crippen molar-refractivity contribution in [2.45, 2.75) is 103 Å². The Hall–Kier alpha value is -4.62. The molecule has 6 aromatic carbocycles. The Morgan fingerprint density at radius 3 is 1.53 bits per heavy atom. The summed E-state index contributed by atoms with van der Waals surface area (Å²) >= 11 is 0. The van der Waals surface area contributed by atoms with E-state index in [4.69, 9.17) is 0 Å². The van der Waals surface area contributed by atoms with Gasteiger partial charge in [0.05, 0.1) is 0 Å². The number of allylic oxidation sites excluding steroid dienone is 3. The van der Waals surface area contributed by atoms with Crippen molar-refractivity contribution in [3.8, 4) is 11.1 Å². The summed E-state index contributed by atoms with van der Waals surface area (Å²) in [6.07, 6.45) is 4.55. The fourth-order valence-electron chi connectivity index (χ4n) is 6.20. The van der Waals surface area contributed by atoms with E-state index in [0.717, 1.165) is 6.54 Å². The third kappa shape index (κ3) is 11.4. The molecule has 0 saturated carbocycles. The maximum absolute atomic E-state index is 3.23. The molecule has 6 rings (SSSR count). The van der Waals surface area contributed by atoms with Crippen molar-refractivity contribution >= 4 is 32.3 Å². The van der Waals surface area contributed by atoms with E-state index >= 15 is 0 Å². The van der Waals surface area contributed by atoms with Gasteiger partial charge in [-0.15, -0.1) is 0 Å². The quantitative estimate of drug-likeness (QED) is 0.136. The highest BCUT2D eigenvalue weighted by atomic mass is 14.8. The summed E-state index contributed by atoms with van der Waals surface area (Å²) < 4.78 is 0. The number of aryl methyl sites for hydroxylation is 3. The van der Waals surface area contributed by atoms with Crippen molar-refractivity contribution in [3.63, 3.8) is 0 Å². The average molecular weight is 680 g/mol. The van der Waals surface area contributed by atoms with Crippen LogP contribution in [0.15, 0.2) is 132 Å². The summed E-state index contributed by atoms with van der Waals surface area (Å²) in [5, 5.41) is 11.3. The lowest BCUT2D eigenvalue weighted by Crippen LogP contribution is -2.04. The Morgan fingerprint density at radius 2 is 1.00 bits per heavy atom. The second-order valence-electron chi connectivity index (χ2n) is 12.7. The molecule has 0 fully saturated rings. The van der Waals surface area contributed by atoms with E-state index in [2.05, 4.69) is 183 Å². The first kappa shape index (κ1) is 42.5. The van der Waals surface area contributed by atoms with Gasteiger partial charge in [-0.05, 0) is 139 Å². The lowest BCUT2D eigenvalue weighted by atomic mass is 9.93. The van der Waals surface area contributed by atoms with Crippen molar-refractivity contribution in [2.75, 3.05) is 6.54 Å². The Bertz CT molecular complexity index is 1990. The lowest BCUT2D eigenvalue weighted by molar-refractivity contribution is 0.882. The summed E-state index contributed by atoms with van der Waals surface area (Å²) in [5.74, 6) is 0. The van der Waals surface area contributed by atoms with Crippen LogP contribution >= 0.6 is 0 Å². The van der Waals surface area contributed by atoms with E-state index in [-0.39, 0.29) is 0 Å². The molecule has 0 saturated heterocycles. The normalized spacial score (nSPS) is 11.1. The van der Waals surface area contributed by atoms with E-state index < -0.39 is 0 Å². The van der Waals surface area contributed by atoms with Crippen molar-refractivity contribution in [1.29, 1.82) is 0 Å². The zero-order valence-electron chi connectivity index (χ0n) is 34.1. The summed E-state index contributed by atoms with van der Waals surface area (Å²) in [5.41, 5.74) is 12.4. The van der Waals surface area contributed by atoms with Gasteiger partial charge in [-0.1, -0.05) is 161 Å². The lowest BCUT2D eigenvalue weighted by Gasteiger charge is -2.10. The van der Waals surface area contributed by atoms with E-state index in [1.807, 2.05) is 27.7 Å². The molecule has 0 radical (unpaired) electrons. The smallest absolute Gasteiger partial charge is 0.0113 e. The van der Waals surface area contributed by atoms with Crippen LogP contribution in [0, 0.1) is 27.7 Å². The summed E-state index contributed by atoms with van der Waals surface area (Å²) in [4.78, 5) is 0. The highest BCUT2D eigenvalue weighted by Gasteiger charge is 2.08. The van der Waals surface area contributed by atoms with Crippen molar-refractivity contribution in [1.82, 2.24) is 5.32 Å². The van der Waals surface area contributed by atoms with Gasteiger partial charge in [0, 0.05) is 6.54 Å². The molecule has 0 aliphatic heterocycles. The third-order valence-corrected chi connectivity index (χ3v) is 9.32. The summed E-state index contributed by atoms with van der Waals surface area (Å²) in [6.45, 7) is 28.6. The first-order valence-corrected chi connectivity index (χ1v) is 19.2. The molecule has 0 atom stereocenters. The predicted molar refractivity (Wildman–Crippen MR) is 233 cm³/mol. The second kappa shape index (κ2) is 22.3. The maximum atomic E-state index is 3.23. The largest absolute Gasteiger partial charge is 0.391 e. The van der Waals surface area contributed by atoms with Gasteiger partial charge in [0.2, 0.25) is 0 Å². The monoisotopic (exact) mass is 680 g/mol. The molecule has 0 bridgehead atoms. The molecular formula is C50H65N. The number of rotatable bonds is 6. The molecule has 6 aromatic rings. The molecule has 1 N–H and O–H groups in total. The topological polar surface area (TPSA) is 12.0 Å². The Balaban J connectivity index is 0.000000258. The zero-order chi connectivity index (χ0) is 37.9. The SMILES string of the molecule is CC.CC.CCC/C(C)=C(C)/C(C)=C/NCC.Cc1ccc2c3ccccc3c3ccccc3c2c1.Cc1ccccc1-c1cccc(C)c1C. The molecule has 0 aromatic heterocycles. The first-order valence-electron chi connectivity index (χ1n) is 19.2. The number of nitrogens with one attached hydrogen (secondary N) is 1. The highest BCUT2D eigenvalue weighted by Crippen LogP contribution is 2.35. The number of hydrogen-bond acceptors (Lipinski definition) is 1. The number of benzene rings is 6. The van der Waals surface area contributed by atoms with Gasteiger partial charge in [0.15, 0.2) is 0 Å². The molecule has 0 amide bonds. The van der Waals surface area contributed by atoms with Crippen molar-refractivity contribution < 1.29 is 0 Å². The van der Waals surface area contributed by atoms with E-state index in [9.17, 15) is 0 Å². The van der Waals surface area contributed by atoms with Gasteiger partial charge in [0.1, 0.15) is 0 Å². The molecule has 1 nitrogen and oxygen atoms in total. The number of fused-ring (bicyclic) bond motifs is 6. The molecule has 51 heavy (non-hydrogen) atoms. The third-order valence-electron chi connectivity index (χ3n) is 9.32. The van der Waals surface area contributed by atoms with Crippen LogP contribution < -0.4 is 5.32 Å². The molecule has 0 unspecified atom stereocenters. The fourth-order valence-corrected chi connectivity index (χ4v) is 6.20. The minimum atomic E-state index is 0.997. The summed E-state index contributed by atoms with van der Waals surface area (Å²) in [7, 11) is 0. The van der Waals surface area contributed by atoms with E-state index in [1.54, 1.807) is 0 Å². The first-order chi connectivity index (χ1) is 24.7. The molecule has 270 valence electrons. The van der Waals surface area contributed by atoms with Crippen LogP contribution in [0.1, 0.15) is 97.4 Å². The van der Waals surface area contributed by atoms with Crippen molar-refractivity contribution in [2.24, 2.45) is 0 Å². The highest BCUT2D eigenvalue weighted by molar-refractivity contribution is 6.25. The fraction of sp³-hybridized carbons (Fsp3) is 0.320. The Labute approximate surface area is 311 Å². The molecule has 0 aliphatic rings. The molecule has 1 heteroatoms. The van der Waals surface area contributed by atoms with E-state index in [1.165, 1.54) is 95.3 Å². The zero-order valence-corrected chi connectivity index (χ0v) is 34.1.